The van der Waals surface area contributed by atoms with E-state index >= 15 is 0 Å². The Bertz CT molecular complexity index is 798. The number of nitrogens with zero attached hydrogens (tertiary/aromatic N) is 1. The van der Waals surface area contributed by atoms with Crippen LogP contribution in [-0.2, 0) is 11.2 Å². The number of amides is 1. The molecule has 0 bridgehead atoms. The third-order valence-electron chi connectivity index (χ3n) is 5.48. The zero-order valence-corrected chi connectivity index (χ0v) is 15.7. The molecule has 0 aliphatic carbocycles. The van der Waals surface area contributed by atoms with Crippen molar-refractivity contribution in [1.29, 1.82) is 0 Å². The summed E-state index contributed by atoms with van der Waals surface area (Å²) in [5.74, 6) is 0.902. The number of cyclic esters (lactones) is 1. The molecule has 142 valence electrons. The fourth-order valence-corrected chi connectivity index (χ4v) is 3.88. The number of rotatable bonds is 6. The zero-order chi connectivity index (χ0) is 18.6. The second kappa shape index (κ2) is 8.01. The van der Waals surface area contributed by atoms with Crippen LogP contribution in [0.3, 0.4) is 0 Å². The summed E-state index contributed by atoms with van der Waals surface area (Å²) < 4.78 is 10.6. The van der Waals surface area contributed by atoms with Gasteiger partial charge in [0, 0.05) is 12.1 Å². The molecule has 2 saturated heterocycles. The molecule has 2 aliphatic heterocycles. The first-order valence-electron chi connectivity index (χ1n) is 9.66. The van der Waals surface area contributed by atoms with E-state index < -0.39 is 0 Å². The third-order valence-corrected chi connectivity index (χ3v) is 5.48. The number of likely N-dealkylation sites (tertiary alicyclic amines) is 1. The minimum absolute atomic E-state index is 0.0681. The van der Waals surface area contributed by atoms with Crippen molar-refractivity contribution in [2.75, 3.05) is 33.4 Å². The number of carbonyl (C=O) groups excluding carboxylic acids is 1. The van der Waals surface area contributed by atoms with Gasteiger partial charge in [-0.3, -0.25) is 0 Å². The van der Waals surface area contributed by atoms with Crippen LogP contribution < -0.4 is 10.1 Å². The molecule has 27 heavy (non-hydrogen) atoms. The Kier molecular flexibility index (Phi) is 5.30. The Balaban J connectivity index is 1.48. The van der Waals surface area contributed by atoms with E-state index in [1.807, 2.05) is 12.1 Å². The summed E-state index contributed by atoms with van der Waals surface area (Å²) >= 11 is 0. The highest BCUT2D eigenvalue weighted by molar-refractivity contribution is 5.72. The molecule has 1 atom stereocenters. The molecule has 5 heteroatoms. The van der Waals surface area contributed by atoms with Crippen molar-refractivity contribution in [1.82, 2.24) is 10.2 Å². The van der Waals surface area contributed by atoms with Crippen LogP contribution in [-0.4, -0.2) is 44.3 Å². The number of carbonyl (C=O) groups is 1. The van der Waals surface area contributed by atoms with Crippen molar-refractivity contribution in [3.05, 3.63) is 53.6 Å². The highest BCUT2D eigenvalue weighted by Crippen LogP contribution is 2.32. The number of alkyl carbamates (subject to hydrolysis) is 1. The van der Waals surface area contributed by atoms with E-state index in [1.165, 1.54) is 31.5 Å². The van der Waals surface area contributed by atoms with Gasteiger partial charge in [0.1, 0.15) is 12.4 Å². The van der Waals surface area contributed by atoms with Crippen molar-refractivity contribution in [2.45, 2.75) is 25.3 Å². The fourth-order valence-electron chi connectivity index (χ4n) is 3.88. The molecule has 0 aromatic heterocycles. The predicted molar refractivity (Wildman–Crippen MR) is 105 cm³/mol. The van der Waals surface area contributed by atoms with Gasteiger partial charge in [-0.15, -0.1) is 0 Å². The van der Waals surface area contributed by atoms with Crippen LogP contribution >= 0.6 is 0 Å². The lowest BCUT2D eigenvalue weighted by molar-refractivity contribution is 0.177. The van der Waals surface area contributed by atoms with E-state index in [9.17, 15) is 4.79 Å². The van der Waals surface area contributed by atoms with Crippen LogP contribution in [0.4, 0.5) is 4.79 Å². The molecule has 0 saturated carbocycles. The number of ether oxygens (including phenoxy) is 2. The summed E-state index contributed by atoms with van der Waals surface area (Å²) in [6.45, 7) is 3.96. The van der Waals surface area contributed by atoms with Crippen LogP contribution in [0.5, 0.6) is 5.75 Å². The summed E-state index contributed by atoms with van der Waals surface area (Å²) in [6.07, 6.45) is 3.36. The average molecular weight is 366 g/mol. The van der Waals surface area contributed by atoms with Gasteiger partial charge in [0.2, 0.25) is 0 Å². The number of methoxy groups -OCH3 is 1. The van der Waals surface area contributed by atoms with Gasteiger partial charge in [-0.1, -0.05) is 36.4 Å². The largest absolute Gasteiger partial charge is 0.496 e. The highest BCUT2D eigenvalue weighted by Gasteiger charge is 2.23. The summed E-state index contributed by atoms with van der Waals surface area (Å²) in [7, 11) is 1.73. The van der Waals surface area contributed by atoms with E-state index in [-0.39, 0.29) is 12.1 Å². The predicted octanol–water partition coefficient (Wildman–Crippen LogP) is 3.78. The van der Waals surface area contributed by atoms with Gasteiger partial charge in [-0.05, 0) is 55.1 Å². The molecule has 0 radical (unpaired) electrons. The van der Waals surface area contributed by atoms with E-state index in [0.717, 1.165) is 35.4 Å². The van der Waals surface area contributed by atoms with E-state index in [2.05, 4.69) is 40.5 Å². The first-order chi connectivity index (χ1) is 13.2. The zero-order valence-electron chi connectivity index (χ0n) is 15.7. The summed E-state index contributed by atoms with van der Waals surface area (Å²) in [6, 6.07) is 14.7. The second-order valence-electron chi connectivity index (χ2n) is 7.25. The highest BCUT2D eigenvalue weighted by atomic mass is 16.6. The van der Waals surface area contributed by atoms with Gasteiger partial charge < -0.3 is 19.7 Å². The van der Waals surface area contributed by atoms with Gasteiger partial charge >= 0.3 is 6.09 Å². The Morgan fingerprint density at radius 1 is 1.15 bits per heavy atom. The Morgan fingerprint density at radius 2 is 1.93 bits per heavy atom. The SMILES string of the molecule is COc1cc(CCN2CCCC2)ccc1-c1ccc([C@H]2COC(=O)N2)cc1. The number of hydrogen-bond donors (Lipinski definition) is 1. The molecule has 2 fully saturated rings. The monoisotopic (exact) mass is 366 g/mol. The first-order valence-corrected chi connectivity index (χ1v) is 9.66. The maximum absolute atomic E-state index is 11.2. The van der Waals surface area contributed by atoms with Gasteiger partial charge in [0.05, 0.1) is 13.2 Å². The minimum atomic E-state index is -0.352. The molecule has 1 amide bonds. The number of nitrogens with one attached hydrogen (secondary N) is 1. The third kappa shape index (κ3) is 4.08. The molecule has 0 spiro atoms. The van der Waals surface area contributed by atoms with E-state index in [4.69, 9.17) is 9.47 Å². The summed E-state index contributed by atoms with van der Waals surface area (Å²) in [5.41, 5.74) is 4.54. The van der Waals surface area contributed by atoms with Crippen molar-refractivity contribution in [3.63, 3.8) is 0 Å². The summed E-state index contributed by atoms with van der Waals surface area (Å²) in [4.78, 5) is 13.7. The number of benzene rings is 2. The molecular formula is C22H26N2O3. The van der Waals surface area contributed by atoms with Crippen LogP contribution in [0.1, 0.15) is 30.0 Å². The van der Waals surface area contributed by atoms with Gasteiger partial charge in [0.25, 0.3) is 0 Å². The molecule has 2 aliphatic rings. The maximum Gasteiger partial charge on any atom is 0.407 e. The second-order valence-corrected chi connectivity index (χ2v) is 7.25. The lowest BCUT2D eigenvalue weighted by Gasteiger charge is -2.16. The standard InChI is InChI=1S/C22H26N2O3/c1-26-21-14-16(10-13-24-11-2-3-12-24)4-9-19(21)17-5-7-18(8-6-17)20-15-27-22(25)23-20/h4-9,14,20H,2-3,10-13,15H2,1H3,(H,23,25)/t20-/m1/s1. The normalized spacial score (nSPS) is 19.7. The molecule has 2 aromatic carbocycles. The molecule has 4 rings (SSSR count). The number of hydrogen-bond acceptors (Lipinski definition) is 4. The average Bonchev–Trinajstić information content (AvgIpc) is 3.38. The van der Waals surface area contributed by atoms with Crippen molar-refractivity contribution in [3.8, 4) is 16.9 Å². The van der Waals surface area contributed by atoms with Crippen LogP contribution in [0.2, 0.25) is 0 Å². The summed E-state index contributed by atoms with van der Waals surface area (Å²) in [5, 5.41) is 2.81. The van der Waals surface area contributed by atoms with Gasteiger partial charge in [0.15, 0.2) is 0 Å². The lowest BCUT2D eigenvalue weighted by Crippen LogP contribution is -2.21. The van der Waals surface area contributed by atoms with Crippen molar-refractivity contribution >= 4 is 6.09 Å². The Labute approximate surface area is 160 Å². The molecule has 2 heterocycles. The van der Waals surface area contributed by atoms with Crippen LogP contribution in [0, 0.1) is 0 Å². The Morgan fingerprint density at radius 3 is 2.59 bits per heavy atom. The van der Waals surface area contributed by atoms with Crippen molar-refractivity contribution < 1.29 is 14.3 Å². The quantitative estimate of drug-likeness (QED) is 0.845. The van der Waals surface area contributed by atoms with E-state index in [1.54, 1.807) is 7.11 Å². The molecule has 0 unspecified atom stereocenters. The lowest BCUT2D eigenvalue weighted by atomic mass is 9.98. The molecule has 2 aromatic rings. The maximum atomic E-state index is 11.2. The van der Waals surface area contributed by atoms with Gasteiger partial charge in [-0.2, -0.15) is 0 Å². The molecular weight excluding hydrogens is 340 g/mol. The molecule has 5 nitrogen and oxygen atoms in total. The van der Waals surface area contributed by atoms with Gasteiger partial charge in [-0.25, -0.2) is 4.79 Å². The van der Waals surface area contributed by atoms with Crippen LogP contribution in [0.15, 0.2) is 42.5 Å². The first kappa shape index (κ1) is 17.9. The van der Waals surface area contributed by atoms with E-state index in [0.29, 0.717) is 6.61 Å². The van der Waals surface area contributed by atoms with Crippen molar-refractivity contribution in [2.24, 2.45) is 0 Å². The fraction of sp³-hybridized carbons (Fsp3) is 0.409. The smallest absolute Gasteiger partial charge is 0.407 e. The topological polar surface area (TPSA) is 50.8 Å². The Hall–Kier alpha value is -2.53. The molecule has 1 N–H and O–H groups in total. The van der Waals surface area contributed by atoms with Crippen LogP contribution in [0.25, 0.3) is 11.1 Å². The minimum Gasteiger partial charge on any atom is -0.496 e.